The Labute approximate surface area is 97.3 Å². The number of hydrogen-bond donors (Lipinski definition) is 0. The first-order chi connectivity index (χ1) is 7.13. The highest BCUT2D eigenvalue weighted by Crippen LogP contribution is 2.16. The second-order valence-corrected chi connectivity index (χ2v) is 4.95. The van der Waals surface area contributed by atoms with Crippen molar-refractivity contribution in [3.05, 3.63) is 45.1 Å². The van der Waals surface area contributed by atoms with Crippen molar-refractivity contribution in [3.63, 3.8) is 0 Å². The molecule has 2 nitrogen and oxygen atoms in total. The Hall–Kier alpha value is -0.880. The zero-order chi connectivity index (χ0) is 10.8. The van der Waals surface area contributed by atoms with Gasteiger partial charge in [-0.25, -0.2) is 13.8 Å². The van der Waals surface area contributed by atoms with Crippen LogP contribution in [0.15, 0.2) is 22.1 Å². The molecule has 0 radical (unpaired) electrons. The van der Waals surface area contributed by atoms with E-state index in [1.807, 2.05) is 0 Å². The van der Waals surface area contributed by atoms with E-state index in [4.69, 9.17) is 0 Å². The lowest BCUT2D eigenvalue weighted by atomic mass is 10.1. The fourth-order valence-corrected chi connectivity index (χ4v) is 2.05. The van der Waals surface area contributed by atoms with Crippen LogP contribution in [0.3, 0.4) is 0 Å². The van der Waals surface area contributed by atoms with E-state index in [0.717, 1.165) is 6.07 Å². The molecule has 0 amide bonds. The summed E-state index contributed by atoms with van der Waals surface area (Å²) >= 11 is 4.37. The van der Waals surface area contributed by atoms with Crippen molar-refractivity contribution in [2.75, 3.05) is 0 Å². The zero-order valence-electron chi connectivity index (χ0n) is 7.38. The van der Waals surface area contributed by atoms with Crippen molar-refractivity contribution >= 4 is 27.5 Å². The van der Waals surface area contributed by atoms with Gasteiger partial charge < -0.3 is 0 Å². The maximum absolute atomic E-state index is 12.8. The van der Waals surface area contributed by atoms with Crippen LogP contribution in [0.4, 0.5) is 8.78 Å². The highest BCUT2D eigenvalue weighted by atomic mass is 79.9. The van der Waals surface area contributed by atoms with Crippen LogP contribution in [0.25, 0.3) is 0 Å². The molecule has 78 valence electrons. The van der Waals surface area contributed by atoms with E-state index in [9.17, 15) is 8.78 Å². The summed E-state index contributed by atoms with van der Waals surface area (Å²) < 4.78 is 30.4. The molecule has 0 saturated heterocycles. The quantitative estimate of drug-likeness (QED) is 0.849. The van der Waals surface area contributed by atoms with Crippen LogP contribution < -0.4 is 0 Å². The van der Waals surface area contributed by atoms with Crippen LogP contribution in [0.5, 0.6) is 0 Å². The number of benzene rings is 1. The molecule has 0 saturated carbocycles. The second kappa shape index (κ2) is 4.32. The van der Waals surface area contributed by atoms with Gasteiger partial charge in [0.15, 0.2) is 3.92 Å². The average molecular weight is 291 g/mol. The molecule has 2 aromatic rings. The molecule has 0 spiro atoms. The van der Waals surface area contributed by atoms with Gasteiger partial charge in [0.1, 0.15) is 17.5 Å². The Morgan fingerprint density at radius 2 is 1.87 bits per heavy atom. The van der Waals surface area contributed by atoms with Crippen molar-refractivity contribution in [1.29, 1.82) is 0 Å². The number of nitrogens with zero attached hydrogens (tertiary/aromatic N) is 2. The van der Waals surface area contributed by atoms with Crippen LogP contribution in [-0.2, 0) is 6.42 Å². The van der Waals surface area contributed by atoms with E-state index in [2.05, 4.69) is 25.3 Å². The lowest BCUT2D eigenvalue weighted by Crippen LogP contribution is -1.93. The number of rotatable bonds is 2. The van der Waals surface area contributed by atoms with Crippen molar-refractivity contribution in [2.24, 2.45) is 0 Å². The Kier molecular flexibility index (Phi) is 3.06. The molecule has 0 aliphatic rings. The third-order valence-corrected chi connectivity index (χ3v) is 2.88. The maximum Gasteiger partial charge on any atom is 0.179 e. The van der Waals surface area contributed by atoms with Gasteiger partial charge in [-0.2, -0.15) is 4.37 Å². The molecule has 0 N–H and O–H groups in total. The lowest BCUT2D eigenvalue weighted by Gasteiger charge is -1.98. The summed E-state index contributed by atoms with van der Waals surface area (Å²) in [7, 11) is 0. The van der Waals surface area contributed by atoms with E-state index in [0.29, 0.717) is 21.7 Å². The van der Waals surface area contributed by atoms with Gasteiger partial charge in [-0.1, -0.05) is 0 Å². The van der Waals surface area contributed by atoms with E-state index >= 15 is 0 Å². The monoisotopic (exact) mass is 290 g/mol. The molecular weight excluding hydrogens is 286 g/mol. The van der Waals surface area contributed by atoms with E-state index in [-0.39, 0.29) is 0 Å². The van der Waals surface area contributed by atoms with Crippen molar-refractivity contribution < 1.29 is 8.78 Å². The second-order valence-electron chi connectivity index (χ2n) is 2.92. The van der Waals surface area contributed by atoms with Gasteiger partial charge in [0, 0.05) is 12.5 Å². The van der Waals surface area contributed by atoms with Crippen LogP contribution in [0.2, 0.25) is 0 Å². The van der Waals surface area contributed by atoms with E-state index in [1.54, 1.807) is 0 Å². The fraction of sp³-hybridized carbons (Fsp3) is 0.111. The molecule has 0 aliphatic heterocycles. The number of hydrogen-bond acceptors (Lipinski definition) is 3. The van der Waals surface area contributed by atoms with Crippen LogP contribution in [0.1, 0.15) is 11.4 Å². The largest absolute Gasteiger partial charge is 0.212 e. The first kappa shape index (κ1) is 10.6. The van der Waals surface area contributed by atoms with Gasteiger partial charge in [0.25, 0.3) is 0 Å². The van der Waals surface area contributed by atoms with Crippen LogP contribution in [-0.4, -0.2) is 9.36 Å². The first-order valence-corrected chi connectivity index (χ1v) is 5.63. The third-order valence-electron chi connectivity index (χ3n) is 1.73. The van der Waals surface area contributed by atoms with E-state index < -0.39 is 11.6 Å². The highest BCUT2D eigenvalue weighted by Gasteiger charge is 2.05. The maximum atomic E-state index is 12.8. The minimum atomic E-state index is -0.584. The highest BCUT2D eigenvalue weighted by molar-refractivity contribution is 9.11. The summed E-state index contributed by atoms with van der Waals surface area (Å²) in [6.45, 7) is 0. The smallest absolute Gasteiger partial charge is 0.179 e. The normalized spacial score (nSPS) is 10.6. The number of halogens is 3. The van der Waals surface area contributed by atoms with Gasteiger partial charge in [-0.05, 0) is 45.2 Å². The molecule has 1 aromatic heterocycles. The lowest BCUT2D eigenvalue weighted by molar-refractivity contribution is 0.580. The molecule has 0 fully saturated rings. The van der Waals surface area contributed by atoms with Gasteiger partial charge in [0.05, 0.1) is 0 Å². The Morgan fingerprint density at radius 1 is 1.20 bits per heavy atom. The molecule has 1 aromatic carbocycles. The molecule has 0 unspecified atom stereocenters. The molecule has 1 heterocycles. The average Bonchev–Trinajstić information content (AvgIpc) is 2.49. The minimum Gasteiger partial charge on any atom is -0.212 e. The summed E-state index contributed by atoms with van der Waals surface area (Å²) in [5, 5.41) is 0. The molecule has 15 heavy (non-hydrogen) atoms. The van der Waals surface area contributed by atoms with Crippen LogP contribution >= 0.6 is 27.5 Å². The molecule has 6 heteroatoms. The molecule has 2 rings (SSSR count). The van der Waals surface area contributed by atoms with Gasteiger partial charge >= 0.3 is 0 Å². The summed E-state index contributed by atoms with van der Waals surface area (Å²) in [6, 6.07) is 3.39. The predicted octanol–water partition coefficient (Wildman–Crippen LogP) is 3.17. The minimum absolute atomic E-state index is 0.330. The third kappa shape index (κ3) is 2.79. The van der Waals surface area contributed by atoms with Crippen molar-refractivity contribution in [1.82, 2.24) is 9.36 Å². The van der Waals surface area contributed by atoms with Crippen molar-refractivity contribution in [3.8, 4) is 0 Å². The fourth-order valence-electron chi connectivity index (χ4n) is 1.20. The standard InChI is InChI=1S/C9H5BrF2N2S/c10-9-13-8(14-15-9)3-5-1-6(11)4-7(12)2-5/h1-2,4H,3H2. The molecule has 0 aliphatic carbocycles. The number of aromatic nitrogens is 2. The van der Waals surface area contributed by atoms with Gasteiger partial charge in [-0.3, -0.25) is 0 Å². The van der Waals surface area contributed by atoms with Crippen molar-refractivity contribution in [2.45, 2.75) is 6.42 Å². The first-order valence-electron chi connectivity index (χ1n) is 4.06. The summed E-state index contributed by atoms with van der Waals surface area (Å²) in [5.74, 6) is -0.615. The Balaban J connectivity index is 2.24. The van der Waals surface area contributed by atoms with E-state index in [1.165, 1.54) is 23.7 Å². The predicted molar refractivity (Wildman–Crippen MR) is 56.8 cm³/mol. The molecular formula is C9H5BrF2N2S. The Morgan fingerprint density at radius 3 is 2.40 bits per heavy atom. The SMILES string of the molecule is Fc1cc(F)cc(Cc2nsc(Br)n2)c1. The Bertz CT molecular complexity index is 466. The molecule has 0 atom stereocenters. The van der Waals surface area contributed by atoms with Crippen LogP contribution in [0, 0.1) is 11.6 Å². The summed E-state index contributed by atoms with van der Waals surface area (Å²) in [6.07, 6.45) is 0.330. The van der Waals surface area contributed by atoms with Gasteiger partial charge in [0.2, 0.25) is 0 Å². The summed E-state index contributed by atoms with van der Waals surface area (Å²) in [5.41, 5.74) is 0.526. The zero-order valence-corrected chi connectivity index (χ0v) is 9.78. The summed E-state index contributed by atoms with van der Waals surface area (Å²) in [4.78, 5) is 4.04. The molecule has 0 bridgehead atoms. The topological polar surface area (TPSA) is 25.8 Å². The van der Waals surface area contributed by atoms with Gasteiger partial charge in [-0.15, -0.1) is 0 Å².